The monoisotopic (exact) mass is 476 g/mol. The van der Waals surface area contributed by atoms with Crippen molar-refractivity contribution in [1.82, 2.24) is 0 Å². The van der Waals surface area contributed by atoms with Crippen LogP contribution in [0.1, 0.15) is 99.3 Å². The third-order valence-corrected chi connectivity index (χ3v) is 11.8. The van der Waals surface area contributed by atoms with Gasteiger partial charge in [0.2, 0.25) is 0 Å². The third-order valence-electron chi connectivity index (χ3n) is 11.8. The van der Waals surface area contributed by atoms with E-state index < -0.39 is 11.7 Å². The SMILES string of the molecule is CC(=O)O[C@H]1CC[C@]2(C)[C@H]3CC[C@]4(C)[C@H]5[C@H](C)[C@@H](CCC(C)C)O[C@H]5C[C@H]4[C@@H]3C[C@@H](O)[C@@]2(O)C1. The summed E-state index contributed by atoms with van der Waals surface area (Å²) in [6, 6.07) is 0. The molecule has 1 saturated heterocycles. The molecule has 0 aromatic heterocycles. The first-order valence-corrected chi connectivity index (χ1v) is 14.1. The van der Waals surface area contributed by atoms with E-state index in [1.54, 1.807) is 0 Å². The maximum atomic E-state index is 11.9. The fourth-order valence-electron chi connectivity index (χ4n) is 10.1. The van der Waals surface area contributed by atoms with Crippen molar-refractivity contribution in [2.75, 3.05) is 0 Å². The van der Waals surface area contributed by atoms with Crippen molar-refractivity contribution in [2.45, 2.75) is 129 Å². The molecular weight excluding hydrogens is 428 g/mol. The van der Waals surface area contributed by atoms with Crippen molar-refractivity contribution in [1.29, 1.82) is 0 Å². The standard InChI is InChI=1S/C29H48O5/c1-16(2)7-8-23-17(3)26-24(34-23)14-22-20-13-25(31)29(32)15-19(33-18(4)30)9-12-28(29,6)21(20)10-11-27(22,26)5/h16-17,19-26,31-32H,7-15H2,1-6H3/t17-,19+,20-,21+,22+,23-,24+,25-,26+,27+,28-,29+/m1/s1. The van der Waals surface area contributed by atoms with Crippen LogP contribution in [-0.2, 0) is 14.3 Å². The van der Waals surface area contributed by atoms with Gasteiger partial charge in [0.05, 0.1) is 23.9 Å². The van der Waals surface area contributed by atoms with Crippen LogP contribution in [0.15, 0.2) is 0 Å². The molecule has 5 rings (SSSR count). The fourth-order valence-corrected chi connectivity index (χ4v) is 10.1. The Morgan fingerprint density at radius 2 is 1.88 bits per heavy atom. The molecule has 0 bridgehead atoms. The largest absolute Gasteiger partial charge is 0.462 e. The highest BCUT2D eigenvalue weighted by atomic mass is 16.5. The topological polar surface area (TPSA) is 76.0 Å². The Hall–Kier alpha value is -0.650. The molecule has 5 aliphatic rings. The molecule has 5 fully saturated rings. The molecule has 0 amide bonds. The lowest BCUT2D eigenvalue weighted by atomic mass is 9.42. The number of aliphatic hydroxyl groups is 2. The van der Waals surface area contributed by atoms with E-state index in [4.69, 9.17) is 9.47 Å². The van der Waals surface area contributed by atoms with Crippen LogP contribution in [0.3, 0.4) is 0 Å². The van der Waals surface area contributed by atoms with Gasteiger partial charge in [0.1, 0.15) is 6.10 Å². The second-order valence-corrected chi connectivity index (χ2v) is 13.8. The van der Waals surface area contributed by atoms with Crippen LogP contribution in [0.5, 0.6) is 0 Å². The molecule has 0 unspecified atom stereocenters. The van der Waals surface area contributed by atoms with Crippen LogP contribution in [0.25, 0.3) is 0 Å². The number of ether oxygens (including phenoxy) is 2. The highest BCUT2D eigenvalue weighted by Crippen LogP contribution is 2.70. The summed E-state index contributed by atoms with van der Waals surface area (Å²) in [6.07, 6.45) is 8.12. The van der Waals surface area contributed by atoms with Crippen LogP contribution in [0.2, 0.25) is 0 Å². The van der Waals surface area contributed by atoms with Gasteiger partial charge < -0.3 is 19.7 Å². The quantitative estimate of drug-likeness (QED) is 0.551. The Labute approximate surface area is 206 Å². The summed E-state index contributed by atoms with van der Waals surface area (Å²) in [4.78, 5) is 11.6. The predicted octanol–water partition coefficient (Wildman–Crippen LogP) is 5.11. The highest BCUT2D eigenvalue weighted by molar-refractivity contribution is 5.66. The predicted molar refractivity (Wildman–Crippen MR) is 131 cm³/mol. The Morgan fingerprint density at radius 1 is 1.15 bits per heavy atom. The van der Waals surface area contributed by atoms with E-state index in [0.717, 1.165) is 25.7 Å². The van der Waals surface area contributed by atoms with Gasteiger partial charge in [-0.1, -0.05) is 34.6 Å². The molecule has 4 saturated carbocycles. The zero-order valence-electron chi connectivity index (χ0n) is 22.3. The van der Waals surface area contributed by atoms with Crippen molar-refractivity contribution in [3.8, 4) is 0 Å². The lowest BCUT2D eigenvalue weighted by molar-refractivity contribution is -0.266. The van der Waals surface area contributed by atoms with Crippen LogP contribution in [0.4, 0.5) is 0 Å². The van der Waals surface area contributed by atoms with Crippen LogP contribution >= 0.6 is 0 Å². The molecule has 12 atom stereocenters. The lowest BCUT2D eigenvalue weighted by Crippen LogP contribution is -2.68. The minimum absolute atomic E-state index is 0.262. The van der Waals surface area contributed by atoms with Gasteiger partial charge in [0.15, 0.2) is 0 Å². The van der Waals surface area contributed by atoms with Gasteiger partial charge in [0, 0.05) is 18.8 Å². The highest BCUT2D eigenvalue weighted by Gasteiger charge is 2.70. The zero-order chi connectivity index (χ0) is 24.6. The van der Waals surface area contributed by atoms with Gasteiger partial charge in [0.25, 0.3) is 0 Å². The maximum Gasteiger partial charge on any atom is 0.302 e. The number of carbonyl (C=O) groups excluding carboxylic acids is 1. The molecule has 194 valence electrons. The van der Waals surface area contributed by atoms with E-state index in [-0.39, 0.29) is 22.9 Å². The molecular formula is C29H48O5. The number of fused-ring (bicyclic) bond motifs is 7. The molecule has 0 spiro atoms. The summed E-state index contributed by atoms with van der Waals surface area (Å²) in [5.74, 6) is 3.01. The van der Waals surface area contributed by atoms with E-state index in [2.05, 4.69) is 34.6 Å². The molecule has 5 heteroatoms. The van der Waals surface area contributed by atoms with E-state index in [1.165, 1.54) is 26.2 Å². The van der Waals surface area contributed by atoms with Crippen molar-refractivity contribution >= 4 is 5.97 Å². The maximum absolute atomic E-state index is 11.9. The summed E-state index contributed by atoms with van der Waals surface area (Å²) in [5.41, 5.74) is -1.25. The molecule has 0 aromatic rings. The second kappa shape index (κ2) is 8.45. The van der Waals surface area contributed by atoms with Crippen molar-refractivity contribution in [2.24, 2.45) is 46.3 Å². The summed E-state index contributed by atoms with van der Waals surface area (Å²) < 4.78 is 12.3. The van der Waals surface area contributed by atoms with Crippen LogP contribution in [0, 0.1) is 46.3 Å². The van der Waals surface area contributed by atoms with E-state index in [9.17, 15) is 15.0 Å². The molecule has 34 heavy (non-hydrogen) atoms. The van der Waals surface area contributed by atoms with Gasteiger partial charge in [-0.3, -0.25) is 4.79 Å². The number of hydrogen-bond acceptors (Lipinski definition) is 5. The van der Waals surface area contributed by atoms with Gasteiger partial charge in [-0.25, -0.2) is 0 Å². The van der Waals surface area contributed by atoms with E-state index >= 15 is 0 Å². The Balaban J connectivity index is 1.37. The van der Waals surface area contributed by atoms with Crippen LogP contribution < -0.4 is 0 Å². The molecule has 1 aliphatic heterocycles. The fraction of sp³-hybridized carbons (Fsp3) is 0.966. The molecule has 5 nitrogen and oxygen atoms in total. The van der Waals surface area contributed by atoms with Gasteiger partial charge in [-0.2, -0.15) is 0 Å². The Bertz CT molecular complexity index is 797. The smallest absolute Gasteiger partial charge is 0.302 e. The summed E-state index contributed by atoms with van der Waals surface area (Å²) in [7, 11) is 0. The summed E-state index contributed by atoms with van der Waals surface area (Å²) in [6.45, 7) is 13.2. The summed E-state index contributed by atoms with van der Waals surface area (Å²) >= 11 is 0. The van der Waals surface area contributed by atoms with Gasteiger partial charge in [-0.15, -0.1) is 0 Å². The van der Waals surface area contributed by atoms with Crippen LogP contribution in [-0.4, -0.2) is 46.2 Å². The summed E-state index contributed by atoms with van der Waals surface area (Å²) in [5, 5.41) is 23.3. The minimum atomic E-state index is -1.18. The number of aliphatic hydroxyl groups excluding tert-OH is 1. The lowest BCUT2D eigenvalue weighted by Gasteiger charge is -2.65. The Morgan fingerprint density at radius 3 is 2.56 bits per heavy atom. The van der Waals surface area contributed by atoms with E-state index in [0.29, 0.717) is 60.6 Å². The molecule has 1 heterocycles. The second-order valence-electron chi connectivity index (χ2n) is 13.8. The first-order chi connectivity index (χ1) is 15.9. The number of rotatable bonds is 4. The van der Waals surface area contributed by atoms with Crippen molar-refractivity contribution in [3.05, 3.63) is 0 Å². The first-order valence-electron chi connectivity index (χ1n) is 14.1. The number of hydrogen-bond donors (Lipinski definition) is 2. The third kappa shape index (κ3) is 3.54. The minimum Gasteiger partial charge on any atom is -0.462 e. The first kappa shape index (κ1) is 25.0. The van der Waals surface area contributed by atoms with Crippen molar-refractivity contribution < 1.29 is 24.5 Å². The number of esters is 1. The molecule has 2 N–H and O–H groups in total. The average molecular weight is 477 g/mol. The number of carbonyl (C=O) groups is 1. The molecule has 0 aromatic carbocycles. The van der Waals surface area contributed by atoms with Gasteiger partial charge >= 0.3 is 5.97 Å². The molecule has 0 radical (unpaired) electrons. The molecule has 4 aliphatic carbocycles. The normalized spacial score (nSPS) is 54.2. The Kier molecular flexibility index (Phi) is 6.22. The zero-order valence-corrected chi connectivity index (χ0v) is 22.3. The average Bonchev–Trinajstić information content (AvgIpc) is 3.22. The van der Waals surface area contributed by atoms with Crippen molar-refractivity contribution in [3.63, 3.8) is 0 Å². The van der Waals surface area contributed by atoms with E-state index in [1.807, 2.05) is 0 Å². The van der Waals surface area contributed by atoms with Gasteiger partial charge in [-0.05, 0) is 92.3 Å².